The summed E-state index contributed by atoms with van der Waals surface area (Å²) in [5, 5.41) is 2.95. The summed E-state index contributed by atoms with van der Waals surface area (Å²) in [5.74, 6) is 1.87. The van der Waals surface area contributed by atoms with Crippen molar-refractivity contribution in [2.75, 3.05) is 38.4 Å². The Kier molecular flexibility index (Phi) is 6.35. The summed E-state index contributed by atoms with van der Waals surface area (Å²) in [5.41, 5.74) is 1.31. The van der Waals surface area contributed by atoms with E-state index in [4.69, 9.17) is 18.9 Å². The Balaban J connectivity index is 1.10. The number of fused-ring (bicyclic) bond motifs is 1. The highest BCUT2D eigenvalue weighted by Crippen LogP contribution is 2.34. The summed E-state index contributed by atoms with van der Waals surface area (Å²) in [6.45, 7) is 2.64. The Morgan fingerprint density at radius 2 is 1.79 bits per heavy atom. The van der Waals surface area contributed by atoms with Crippen LogP contribution < -0.4 is 19.5 Å². The number of benzene rings is 2. The Morgan fingerprint density at radius 3 is 2.55 bits per heavy atom. The minimum absolute atomic E-state index is 0.0182. The van der Waals surface area contributed by atoms with Crippen molar-refractivity contribution in [3.63, 3.8) is 0 Å². The fraction of sp³-hybridized carbons (Fsp3) is 0.440. The molecule has 0 saturated carbocycles. The van der Waals surface area contributed by atoms with Crippen LogP contribution >= 0.6 is 0 Å². The van der Waals surface area contributed by atoms with Gasteiger partial charge in [-0.25, -0.2) is 0 Å². The molecule has 33 heavy (non-hydrogen) atoms. The van der Waals surface area contributed by atoms with E-state index in [0.29, 0.717) is 55.3 Å². The predicted octanol–water partition coefficient (Wildman–Crippen LogP) is 3.46. The van der Waals surface area contributed by atoms with E-state index in [1.807, 2.05) is 17.0 Å². The van der Waals surface area contributed by atoms with Crippen LogP contribution in [0.2, 0.25) is 0 Å². The van der Waals surface area contributed by atoms with Gasteiger partial charge in [-0.15, -0.1) is 0 Å². The minimum atomic E-state index is -0.131. The summed E-state index contributed by atoms with van der Waals surface area (Å²) >= 11 is 0. The zero-order chi connectivity index (χ0) is 22.6. The second-order valence-electron chi connectivity index (χ2n) is 8.59. The third-order valence-corrected chi connectivity index (χ3v) is 6.35. The van der Waals surface area contributed by atoms with Gasteiger partial charge in [-0.3, -0.25) is 9.59 Å². The Labute approximate surface area is 192 Å². The summed E-state index contributed by atoms with van der Waals surface area (Å²) in [6, 6.07) is 12.6. The number of nitrogens with one attached hydrogen (secondary N) is 1. The number of nitrogens with zero attached hydrogens (tertiary/aromatic N) is 1. The van der Waals surface area contributed by atoms with E-state index in [1.165, 1.54) is 0 Å². The first-order valence-corrected chi connectivity index (χ1v) is 11.5. The highest BCUT2D eigenvalue weighted by Gasteiger charge is 2.28. The molecule has 8 nitrogen and oxygen atoms in total. The maximum absolute atomic E-state index is 12.9. The van der Waals surface area contributed by atoms with Gasteiger partial charge in [-0.1, -0.05) is 0 Å². The number of rotatable bonds is 6. The van der Waals surface area contributed by atoms with E-state index in [9.17, 15) is 9.59 Å². The van der Waals surface area contributed by atoms with Gasteiger partial charge in [0.05, 0.1) is 6.10 Å². The van der Waals surface area contributed by atoms with Crippen LogP contribution in [-0.4, -0.2) is 55.9 Å². The van der Waals surface area contributed by atoms with Gasteiger partial charge in [0.2, 0.25) is 12.7 Å². The number of anilines is 1. The first-order valence-electron chi connectivity index (χ1n) is 11.5. The average Bonchev–Trinajstić information content (AvgIpc) is 3.54. The van der Waals surface area contributed by atoms with Crippen LogP contribution in [0.5, 0.6) is 17.2 Å². The van der Waals surface area contributed by atoms with E-state index in [0.717, 1.165) is 25.2 Å². The maximum Gasteiger partial charge on any atom is 0.253 e. The highest BCUT2D eigenvalue weighted by molar-refractivity contribution is 5.95. The van der Waals surface area contributed by atoms with Crippen molar-refractivity contribution in [1.82, 2.24) is 4.90 Å². The molecule has 2 amide bonds. The molecule has 0 aromatic heterocycles. The monoisotopic (exact) mass is 452 g/mol. The molecule has 0 spiro atoms. The molecule has 2 aromatic carbocycles. The van der Waals surface area contributed by atoms with Crippen LogP contribution in [0.15, 0.2) is 42.5 Å². The number of piperidine rings is 1. The lowest BCUT2D eigenvalue weighted by molar-refractivity contribution is -0.121. The van der Waals surface area contributed by atoms with Crippen LogP contribution in [0.3, 0.4) is 0 Å². The molecule has 174 valence electrons. The summed E-state index contributed by atoms with van der Waals surface area (Å²) in [7, 11) is 0. The highest BCUT2D eigenvalue weighted by atomic mass is 16.7. The first-order chi connectivity index (χ1) is 16.2. The third kappa shape index (κ3) is 5.06. The minimum Gasteiger partial charge on any atom is -0.491 e. The molecule has 1 N–H and O–H groups in total. The SMILES string of the molecule is O=C(Nc1ccc2c(c1)OCO2)C1CCN(C(=O)c2ccc(OC[C@H]3CCCO3)cc2)CC1. The van der Waals surface area contributed by atoms with Crippen LogP contribution in [0, 0.1) is 5.92 Å². The third-order valence-electron chi connectivity index (χ3n) is 6.35. The molecule has 2 saturated heterocycles. The fourth-order valence-corrected chi connectivity index (χ4v) is 4.40. The second-order valence-corrected chi connectivity index (χ2v) is 8.59. The molecule has 3 aliphatic heterocycles. The van der Waals surface area contributed by atoms with Gasteiger partial charge in [0.15, 0.2) is 11.5 Å². The number of ether oxygens (including phenoxy) is 4. The maximum atomic E-state index is 12.9. The van der Waals surface area contributed by atoms with Crippen molar-refractivity contribution in [3.8, 4) is 17.2 Å². The van der Waals surface area contributed by atoms with Crippen molar-refractivity contribution in [2.45, 2.75) is 31.8 Å². The van der Waals surface area contributed by atoms with Gasteiger partial charge >= 0.3 is 0 Å². The topological polar surface area (TPSA) is 86.3 Å². The number of likely N-dealkylation sites (tertiary alicyclic amines) is 1. The number of hydrogen-bond acceptors (Lipinski definition) is 6. The van der Waals surface area contributed by atoms with E-state index in [1.54, 1.807) is 30.3 Å². The van der Waals surface area contributed by atoms with E-state index >= 15 is 0 Å². The molecule has 2 aromatic rings. The van der Waals surface area contributed by atoms with Crippen LogP contribution in [0.4, 0.5) is 5.69 Å². The van der Waals surface area contributed by atoms with Gasteiger partial charge < -0.3 is 29.2 Å². The lowest BCUT2D eigenvalue weighted by atomic mass is 9.95. The molecule has 0 bridgehead atoms. The normalized spacial score (nSPS) is 20.0. The average molecular weight is 453 g/mol. The molecule has 0 unspecified atom stereocenters. The Hall–Kier alpha value is -3.26. The largest absolute Gasteiger partial charge is 0.491 e. The quantitative estimate of drug-likeness (QED) is 0.722. The zero-order valence-corrected chi connectivity index (χ0v) is 18.5. The Bertz CT molecular complexity index is 994. The predicted molar refractivity (Wildman–Crippen MR) is 121 cm³/mol. The van der Waals surface area contributed by atoms with E-state index in [-0.39, 0.29) is 30.6 Å². The number of amides is 2. The van der Waals surface area contributed by atoms with Crippen molar-refractivity contribution in [1.29, 1.82) is 0 Å². The molecular weight excluding hydrogens is 424 g/mol. The van der Waals surface area contributed by atoms with Gasteiger partial charge in [0.1, 0.15) is 12.4 Å². The van der Waals surface area contributed by atoms with Crippen LogP contribution in [-0.2, 0) is 9.53 Å². The van der Waals surface area contributed by atoms with Crippen LogP contribution in [0.1, 0.15) is 36.0 Å². The number of carbonyl (C=O) groups is 2. The molecule has 3 heterocycles. The molecule has 5 rings (SSSR count). The number of carbonyl (C=O) groups excluding carboxylic acids is 2. The lowest BCUT2D eigenvalue weighted by Gasteiger charge is -2.31. The van der Waals surface area contributed by atoms with Gasteiger partial charge in [-0.05, 0) is 62.1 Å². The van der Waals surface area contributed by atoms with Gasteiger partial charge in [0, 0.05) is 42.9 Å². The second kappa shape index (κ2) is 9.70. The molecule has 1 atom stereocenters. The molecule has 0 radical (unpaired) electrons. The first kappa shape index (κ1) is 21.6. The molecule has 3 aliphatic rings. The summed E-state index contributed by atoms with van der Waals surface area (Å²) in [4.78, 5) is 27.4. The van der Waals surface area contributed by atoms with Crippen molar-refractivity contribution in [2.24, 2.45) is 5.92 Å². The lowest BCUT2D eigenvalue weighted by Crippen LogP contribution is -2.41. The smallest absolute Gasteiger partial charge is 0.253 e. The molecule has 2 fully saturated rings. The summed E-state index contributed by atoms with van der Waals surface area (Å²) < 4.78 is 22.0. The molecular formula is C25H28N2O6. The standard InChI is InChI=1S/C25H28N2O6/c28-24(26-19-5-8-22-23(14-19)33-16-32-22)17-9-11-27(12-10-17)25(29)18-3-6-20(7-4-18)31-15-21-2-1-13-30-21/h3-8,14,17,21H,1-2,9-13,15-16H2,(H,26,28)/t21-/m1/s1. The number of hydrogen-bond donors (Lipinski definition) is 1. The fourth-order valence-electron chi connectivity index (χ4n) is 4.40. The van der Waals surface area contributed by atoms with Crippen molar-refractivity contribution < 1.29 is 28.5 Å². The van der Waals surface area contributed by atoms with Gasteiger partial charge in [0.25, 0.3) is 5.91 Å². The zero-order valence-electron chi connectivity index (χ0n) is 18.5. The van der Waals surface area contributed by atoms with E-state index in [2.05, 4.69) is 5.32 Å². The molecule has 0 aliphatic carbocycles. The summed E-state index contributed by atoms with van der Waals surface area (Å²) in [6.07, 6.45) is 3.53. The van der Waals surface area contributed by atoms with Gasteiger partial charge in [-0.2, -0.15) is 0 Å². The Morgan fingerprint density at radius 1 is 1.00 bits per heavy atom. The molecule has 8 heteroatoms. The van der Waals surface area contributed by atoms with Crippen molar-refractivity contribution >= 4 is 17.5 Å². The van der Waals surface area contributed by atoms with E-state index < -0.39 is 0 Å². The van der Waals surface area contributed by atoms with Crippen molar-refractivity contribution in [3.05, 3.63) is 48.0 Å². The van der Waals surface area contributed by atoms with Crippen LogP contribution in [0.25, 0.3) is 0 Å².